The van der Waals surface area contributed by atoms with Gasteiger partial charge < -0.3 is 24.1 Å². The number of nitrogens with one attached hydrogen (secondary N) is 1. The number of nitrogens with zero attached hydrogens (tertiary/aromatic N) is 3. The van der Waals surface area contributed by atoms with Crippen LogP contribution in [0.25, 0.3) is 0 Å². The number of hydrogen-bond acceptors (Lipinski definition) is 7. The molecule has 1 aliphatic carbocycles. The zero-order valence-corrected chi connectivity index (χ0v) is 27.2. The SMILES string of the molecule is COC(OC)c1nc2c(cc1CN1CCN(C)CC1=O)C1(O[Si](c3ccccc3)(c3ccccc3)C(C)(C)C)CC(C1)N2. The Morgan fingerprint density at radius 2 is 1.60 bits per heavy atom. The number of anilines is 1. The molecule has 2 bridgehead atoms. The number of pyridine rings is 1. The number of carbonyl (C=O) groups is 1. The van der Waals surface area contributed by atoms with E-state index in [1.54, 1.807) is 14.2 Å². The van der Waals surface area contributed by atoms with Gasteiger partial charge in [0.1, 0.15) is 11.5 Å². The van der Waals surface area contributed by atoms with Crippen LogP contribution < -0.4 is 15.7 Å². The van der Waals surface area contributed by atoms with Gasteiger partial charge >= 0.3 is 0 Å². The highest BCUT2D eigenvalue weighted by molar-refractivity contribution is 6.99. The molecule has 0 spiro atoms. The van der Waals surface area contributed by atoms with E-state index in [0.717, 1.165) is 36.3 Å². The minimum absolute atomic E-state index is 0.115. The molecular weight excluding hydrogens is 556 g/mol. The summed E-state index contributed by atoms with van der Waals surface area (Å²) in [5, 5.41) is 6.04. The van der Waals surface area contributed by atoms with Gasteiger partial charge in [-0.05, 0) is 34.1 Å². The molecular formula is C34H44N4O4Si. The first-order chi connectivity index (χ1) is 20.6. The van der Waals surface area contributed by atoms with Crippen molar-refractivity contribution in [2.24, 2.45) is 0 Å². The highest BCUT2D eigenvalue weighted by atomic mass is 28.4. The quantitative estimate of drug-likeness (QED) is 0.294. The minimum Gasteiger partial charge on any atom is -0.398 e. The molecule has 0 radical (unpaired) electrons. The average molecular weight is 601 g/mol. The molecule has 2 fully saturated rings. The van der Waals surface area contributed by atoms with E-state index in [1.807, 2.05) is 11.9 Å². The Hall–Kier alpha value is -3.08. The largest absolute Gasteiger partial charge is 0.398 e. The molecule has 9 heteroatoms. The molecule has 1 amide bonds. The van der Waals surface area contributed by atoms with Gasteiger partial charge in [0.05, 0.1) is 12.1 Å². The van der Waals surface area contributed by atoms with E-state index in [0.29, 0.717) is 25.3 Å². The van der Waals surface area contributed by atoms with Crippen LogP contribution in [0.1, 0.15) is 56.7 Å². The normalized spacial score (nSPS) is 22.3. The summed E-state index contributed by atoms with van der Waals surface area (Å²) in [6.45, 7) is 9.33. The first-order valence-corrected chi connectivity index (χ1v) is 17.1. The number of carbonyl (C=O) groups excluding carboxylic acids is 1. The first-order valence-electron chi connectivity index (χ1n) is 15.2. The van der Waals surface area contributed by atoms with Crippen molar-refractivity contribution in [3.05, 3.63) is 83.6 Å². The zero-order valence-electron chi connectivity index (χ0n) is 26.2. The first kappa shape index (κ1) is 30.0. The van der Waals surface area contributed by atoms with E-state index in [2.05, 4.69) is 97.7 Å². The summed E-state index contributed by atoms with van der Waals surface area (Å²) < 4.78 is 19.2. The van der Waals surface area contributed by atoms with E-state index >= 15 is 0 Å². The van der Waals surface area contributed by atoms with E-state index in [9.17, 15) is 4.79 Å². The van der Waals surface area contributed by atoms with Crippen LogP contribution in [0.3, 0.4) is 0 Å². The summed E-state index contributed by atoms with van der Waals surface area (Å²) in [5.41, 5.74) is 2.19. The number of rotatable bonds is 9. The maximum Gasteiger partial charge on any atom is 0.262 e. The molecule has 0 unspecified atom stereocenters. The molecule has 3 aromatic rings. The topological polar surface area (TPSA) is 76.2 Å². The Labute approximate surface area is 256 Å². The van der Waals surface area contributed by atoms with Gasteiger partial charge in [-0.25, -0.2) is 4.98 Å². The number of benzene rings is 2. The number of piperazine rings is 1. The summed E-state index contributed by atoms with van der Waals surface area (Å²) >= 11 is 0. The van der Waals surface area contributed by atoms with Crippen LogP contribution in [0.15, 0.2) is 66.7 Å². The summed E-state index contributed by atoms with van der Waals surface area (Å²) in [4.78, 5) is 22.2. The third-order valence-corrected chi connectivity index (χ3v) is 14.5. The average Bonchev–Trinajstić information content (AvgIpc) is 2.98. The zero-order chi connectivity index (χ0) is 30.4. The number of aromatic nitrogens is 1. The fraction of sp³-hybridized carbons (Fsp3) is 0.471. The number of hydrogen-bond donors (Lipinski definition) is 1. The lowest BCUT2D eigenvalue weighted by molar-refractivity contribution is -0.136. The Morgan fingerprint density at radius 1 is 1.00 bits per heavy atom. The molecule has 1 aromatic heterocycles. The lowest BCUT2D eigenvalue weighted by atomic mass is 9.68. The Morgan fingerprint density at radius 3 is 2.14 bits per heavy atom. The lowest BCUT2D eigenvalue weighted by Crippen LogP contribution is -2.72. The van der Waals surface area contributed by atoms with Crippen molar-refractivity contribution in [3.8, 4) is 0 Å². The maximum absolute atomic E-state index is 13.0. The van der Waals surface area contributed by atoms with Crippen molar-refractivity contribution in [3.63, 3.8) is 0 Å². The lowest BCUT2D eigenvalue weighted by Gasteiger charge is -2.58. The van der Waals surface area contributed by atoms with Crippen molar-refractivity contribution >= 4 is 30.4 Å². The van der Waals surface area contributed by atoms with Crippen molar-refractivity contribution in [1.29, 1.82) is 0 Å². The van der Waals surface area contributed by atoms with Crippen LogP contribution >= 0.6 is 0 Å². The molecule has 228 valence electrons. The van der Waals surface area contributed by atoms with E-state index in [4.69, 9.17) is 18.9 Å². The second-order valence-corrected chi connectivity index (χ2v) is 17.5. The highest BCUT2D eigenvalue weighted by Crippen LogP contribution is 2.56. The van der Waals surface area contributed by atoms with Crippen LogP contribution in [-0.2, 0) is 30.8 Å². The van der Waals surface area contributed by atoms with Gasteiger partial charge in [-0.3, -0.25) is 9.69 Å². The van der Waals surface area contributed by atoms with Gasteiger partial charge in [0.15, 0.2) is 0 Å². The monoisotopic (exact) mass is 600 g/mol. The maximum atomic E-state index is 13.0. The Balaban J connectivity index is 1.49. The highest BCUT2D eigenvalue weighted by Gasteiger charge is 2.61. The van der Waals surface area contributed by atoms with Crippen LogP contribution in [0, 0.1) is 0 Å². The molecule has 4 aliphatic rings. The van der Waals surface area contributed by atoms with E-state index in [1.165, 1.54) is 10.4 Å². The fourth-order valence-corrected chi connectivity index (χ4v) is 12.0. The smallest absolute Gasteiger partial charge is 0.262 e. The number of likely N-dealkylation sites (N-methyl/N-ethyl adjacent to an activating group) is 1. The van der Waals surface area contributed by atoms with Crippen LogP contribution in [0.4, 0.5) is 5.82 Å². The van der Waals surface area contributed by atoms with Gasteiger partial charge in [-0.2, -0.15) is 0 Å². The predicted molar refractivity (Wildman–Crippen MR) is 171 cm³/mol. The van der Waals surface area contributed by atoms with Gasteiger partial charge in [-0.1, -0.05) is 81.4 Å². The molecule has 1 saturated carbocycles. The Kier molecular flexibility index (Phi) is 7.98. The van der Waals surface area contributed by atoms with Crippen molar-refractivity contribution < 1.29 is 18.7 Å². The van der Waals surface area contributed by atoms with Crippen LogP contribution in [-0.4, -0.2) is 76.0 Å². The molecule has 43 heavy (non-hydrogen) atoms. The molecule has 3 aliphatic heterocycles. The number of methoxy groups -OCH3 is 2. The van der Waals surface area contributed by atoms with Crippen LogP contribution in [0.5, 0.6) is 0 Å². The number of amides is 1. The third-order valence-electron chi connectivity index (χ3n) is 9.41. The van der Waals surface area contributed by atoms with Gasteiger partial charge in [0, 0.05) is 58.3 Å². The fourth-order valence-electron chi connectivity index (χ4n) is 7.21. The Bertz CT molecular complexity index is 1410. The summed E-state index contributed by atoms with van der Waals surface area (Å²) in [5.74, 6) is 0.937. The summed E-state index contributed by atoms with van der Waals surface area (Å²) in [6, 6.07) is 24.1. The number of ether oxygens (including phenoxy) is 2. The third kappa shape index (κ3) is 5.21. The van der Waals surface area contributed by atoms with Gasteiger partial charge in [0.2, 0.25) is 12.2 Å². The van der Waals surface area contributed by atoms with E-state index < -0.39 is 20.2 Å². The van der Waals surface area contributed by atoms with Crippen LogP contribution in [0.2, 0.25) is 5.04 Å². The van der Waals surface area contributed by atoms with E-state index in [-0.39, 0.29) is 17.0 Å². The molecule has 7 rings (SSSR count). The second kappa shape index (κ2) is 11.4. The molecule has 8 nitrogen and oxygen atoms in total. The molecule has 4 heterocycles. The van der Waals surface area contributed by atoms with Gasteiger partial charge in [0.25, 0.3) is 8.32 Å². The minimum atomic E-state index is -2.84. The molecule has 2 aromatic carbocycles. The standard InChI is InChI=1S/C34H44N4O4Si/c1-33(2,3)43(26-13-9-7-10-14-26,27-15-11-8-12-16-27)42-34-20-25(21-34)35-31-28(34)19-24(30(36-31)32(40-5)41-6)22-38-18-17-37(4)23-29(38)39/h7-16,19,25,32H,17-18,20-23H2,1-6H3,(H,35,36). The predicted octanol–water partition coefficient (Wildman–Crippen LogP) is 4.01. The second-order valence-electron chi connectivity index (χ2n) is 13.3. The molecule has 1 saturated heterocycles. The van der Waals surface area contributed by atoms with Crippen molar-refractivity contribution in [2.45, 2.75) is 63.1 Å². The molecule has 1 N–H and O–H groups in total. The van der Waals surface area contributed by atoms with Crippen molar-refractivity contribution in [2.75, 3.05) is 46.2 Å². The molecule has 0 atom stereocenters. The summed E-state index contributed by atoms with van der Waals surface area (Å²) in [6.07, 6.45) is 1.10. The van der Waals surface area contributed by atoms with Crippen molar-refractivity contribution in [1.82, 2.24) is 14.8 Å². The summed E-state index contributed by atoms with van der Waals surface area (Å²) in [7, 11) is 2.39. The van der Waals surface area contributed by atoms with Gasteiger partial charge in [-0.15, -0.1) is 0 Å².